The zero-order valence-corrected chi connectivity index (χ0v) is 20.6. The van der Waals surface area contributed by atoms with Crippen molar-refractivity contribution in [1.82, 2.24) is 10.2 Å². The van der Waals surface area contributed by atoms with Crippen LogP contribution in [-0.2, 0) is 11.3 Å². The van der Waals surface area contributed by atoms with E-state index in [-0.39, 0.29) is 17.8 Å². The molecular formula is C24H24Cl3N3O2. The van der Waals surface area contributed by atoms with Crippen LogP contribution < -0.4 is 10.2 Å². The van der Waals surface area contributed by atoms with Crippen molar-refractivity contribution in [3.05, 3.63) is 67.8 Å². The van der Waals surface area contributed by atoms with E-state index < -0.39 is 11.9 Å². The normalized spacial score (nSPS) is 21.2. The van der Waals surface area contributed by atoms with Crippen LogP contribution >= 0.6 is 34.8 Å². The fourth-order valence-corrected chi connectivity index (χ4v) is 4.94. The molecule has 2 aliphatic heterocycles. The first-order chi connectivity index (χ1) is 15.0. The molecule has 1 atom stereocenters. The number of carbonyl (C=O) groups excluding carboxylic acids is 2. The van der Waals surface area contributed by atoms with Crippen LogP contribution in [-0.4, -0.2) is 29.4 Å². The summed E-state index contributed by atoms with van der Waals surface area (Å²) in [6, 6.07) is 8.48. The van der Waals surface area contributed by atoms with E-state index in [4.69, 9.17) is 34.8 Å². The van der Waals surface area contributed by atoms with Crippen LogP contribution in [0.4, 0.5) is 10.5 Å². The van der Waals surface area contributed by atoms with Crippen LogP contribution in [0.2, 0.25) is 15.1 Å². The molecule has 168 valence electrons. The lowest BCUT2D eigenvalue weighted by atomic mass is 9.80. The van der Waals surface area contributed by atoms with E-state index in [1.807, 2.05) is 12.1 Å². The maximum absolute atomic E-state index is 12.9. The monoisotopic (exact) mass is 491 g/mol. The first kappa shape index (κ1) is 23.0. The molecular weight excluding hydrogens is 469 g/mol. The summed E-state index contributed by atoms with van der Waals surface area (Å²) in [5.41, 5.74) is 3.88. The van der Waals surface area contributed by atoms with Crippen LogP contribution in [0, 0.1) is 0 Å². The first-order valence-electron chi connectivity index (χ1n) is 10.3. The molecule has 0 radical (unpaired) electrons. The molecule has 2 aliphatic rings. The van der Waals surface area contributed by atoms with Gasteiger partial charge in [0.05, 0.1) is 16.6 Å². The molecule has 1 fully saturated rings. The molecule has 32 heavy (non-hydrogen) atoms. The van der Waals surface area contributed by atoms with Crippen molar-refractivity contribution in [3.63, 3.8) is 0 Å². The Morgan fingerprint density at radius 2 is 1.81 bits per heavy atom. The Hall–Kier alpha value is -2.21. The number of hydrogen-bond acceptors (Lipinski definition) is 3. The molecule has 1 saturated heterocycles. The molecule has 5 nitrogen and oxygen atoms in total. The number of halogens is 3. The third-order valence-electron chi connectivity index (χ3n) is 6.34. The minimum atomic E-state index is -0.490. The first-order valence-corrected chi connectivity index (χ1v) is 11.5. The number of nitrogens with zero attached hydrogens (tertiary/aromatic N) is 2. The van der Waals surface area contributed by atoms with E-state index in [1.165, 1.54) is 5.56 Å². The van der Waals surface area contributed by atoms with Gasteiger partial charge < -0.3 is 10.2 Å². The average molecular weight is 493 g/mol. The number of urea groups is 1. The molecule has 0 bridgehead atoms. The van der Waals surface area contributed by atoms with Gasteiger partial charge in [-0.25, -0.2) is 4.79 Å². The van der Waals surface area contributed by atoms with E-state index in [2.05, 4.69) is 38.0 Å². The number of fused-ring (bicyclic) bond motifs is 1. The highest BCUT2D eigenvalue weighted by atomic mass is 35.5. The van der Waals surface area contributed by atoms with Crippen LogP contribution in [0.1, 0.15) is 49.8 Å². The zero-order chi connectivity index (χ0) is 23.4. The second-order valence-electron chi connectivity index (χ2n) is 9.04. The SMILES string of the molecule is CC1CC(C)(C)N(C)c2cc(Cl)c(/C=C3/NC(=O)N(Cc4ccc(Cl)c(Cl)c4)C3=O)cc21. The second-order valence-corrected chi connectivity index (χ2v) is 10.3. The molecule has 2 heterocycles. The van der Waals surface area contributed by atoms with Gasteiger partial charge >= 0.3 is 6.03 Å². The second kappa shape index (κ2) is 8.29. The number of carbonyl (C=O) groups is 2. The van der Waals surface area contributed by atoms with E-state index in [0.717, 1.165) is 17.0 Å². The van der Waals surface area contributed by atoms with Gasteiger partial charge in [-0.1, -0.05) is 47.8 Å². The Morgan fingerprint density at radius 3 is 2.50 bits per heavy atom. The van der Waals surface area contributed by atoms with Crippen LogP contribution in [0.15, 0.2) is 36.0 Å². The van der Waals surface area contributed by atoms with Gasteiger partial charge in [0, 0.05) is 23.3 Å². The van der Waals surface area contributed by atoms with Crippen molar-refractivity contribution in [2.75, 3.05) is 11.9 Å². The van der Waals surface area contributed by atoms with Crippen molar-refractivity contribution in [2.24, 2.45) is 0 Å². The lowest BCUT2D eigenvalue weighted by Crippen LogP contribution is -2.45. The minimum absolute atomic E-state index is 0.0240. The van der Waals surface area contributed by atoms with E-state index in [0.29, 0.717) is 32.1 Å². The molecule has 8 heteroatoms. The van der Waals surface area contributed by atoms with Gasteiger partial charge in [-0.3, -0.25) is 9.69 Å². The van der Waals surface area contributed by atoms with Gasteiger partial charge in [0.1, 0.15) is 5.70 Å². The summed E-state index contributed by atoms with van der Waals surface area (Å²) < 4.78 is 0. The summed E-state index contributed by atoms with van der Waals surface area (Å²) in [4.78, 5) is 28.8. The summed E-state index contributed by atoms with van der Waals surface area (Å²) in [7, 11) is 2.07. The molecule has 0 aliphatic carbocycles. The van der Waals surface area contributed by atoms with E-state index in [9.17, 15) is 9.59 Å². The number of anilines is 1. The van der Waals surface area contributed by atoms with E-state index >= 15 is 0 Å². The smallest absolute Gasteiger partial charge is 0.329 e. The third kappa shape index (κ3) is 4.09. The molecule has 0 spiro atoms. The molecule has 0 aromatic heterocycles. The number of imide groups is 1. The summed E-state index contributed by atoms with van der Waals surface area (Å²) in [6.07, 6.45) is 2.64. The summed E-state index contributed by atoms with van der Waals surface area (Å²) in [5.74, 6) is -0.0770. The predicted octanol–water partition coefficient (Wildman–Crippen LogP) is 6.46. The largest absolute Gasteiger partial charge is 0.369 e. The van der Waals surface area contributed by atoms with Crippen molar-refractivity contribution in [3.8, 4) is 0 Å². The Balaban J connectivity index is 1.63. The Morgan fingerprint density at radius 1 is 1.09 bits per heavy atom. The molecule has 1 N–H and O–H groups in total. The number of hydrogen-bond donors (Lipinski definition) is 1. The summed E-state index contributed by atoms with van der Waals surface area (Å²) in [5, 5.41) is 3.97. The van der Waals surface area contributed by atoms with Crippen LogP contribution in [0.5, 0.6) is 0 Å². The molecule has 0 saturated carbocycles. The molecule has 3 amide bonds. The Labute approximate surface area is 202 Å². The topological polar surface area (TPSA) is 52.7 Å². The lowest BCUT2D eigenvalue weighted by Gasteiger charge is -2.45. The van der Waals surface area contributed by atoms with Crippen molar-refractivity contribution >= 4 is 58.5 Å². The fourth-order valence-electron chi connectivity index (χ4n) is 4.41. The fraction of sp³-hybridized carbons (Fsp3) is 0.333. The van der Waals surface area contributed by atoms with Gasteiger partial charge in [0.15, 0.2) is 0 Å². The molecule has 1 unspecified atom stereocenters. The molecule has 2 aromatic rings. The summed E-state index contributed by atoms with van der Waals surface area (Å²) >= 11 is 18.6. The number of nitrogens with one attached hydrogen (secondary N) is 1. The number of amides is 3. The van der Waals surface area contributed by atoms with Gasteiger partial charge in [-0.15, -0.1) is 0 Å². The van der Waals surface area contributed by atoms with Crippen LogP contribution in [0.3, 0.4) is 0 Å². The number of benzene rings is 2. The van der Waals surface area contributed by atoms with Crippen molar-refractivity contribution in [2.45, 2.75) is 45.2 Å². The molecule has 4 rings (SSSR count). The average Bonchev–Trinajstić information content (AvgIpc) is 2.97. The van der Waals surface area contributed by atoms with Crippen molar-refractivity contribution in [1.29, 1.82) is 0 Å². The highest BCUT2D eigenvalue weighted by molar-refractivity contribution is 6.42. The van der Waals surface area contributed by atoms with Crippen LogP contribution in [0.25, 0.3) is 6.08 Å². The summed E-state index contributed by atoms with van der Waals surface area (Å²) in [6.45, 7) is 6.71. The Kier molecular flexibility index (Phi) is 5.95. The number of rotatable bonds is 3. The maximum atomic E-state index is 12.9. The minimum Gasteiger partial charge on any atom is -0.369 e. The quantitative estimate of drug-likeness (QED) is 0.395. The van der Waals surface area contributed by atoms with Crippen molar-refractivity contribution < 1.29 is 9.59 Å². The van der Waals surface area contributed by atoms with Gasteiger partial charge in [0.25, 0.3) is 5.91 Å². The standard InChI is InChI=1S/C24H24Cl3N3O2/c1-13-11-24(2,3)29(4)21-10-18(26)15(8-16(13)21)9-20-22(31)30(23(32)28-20)12-14-5-6-17(25)19(27)7-14/h5-10,13H,11-12H2,1-4H3,(H,28,32)/b20-9+. The molecule has 2 aromatic carbocycles. The zero-order valence-electron chi connectivity index (χ0n) is 18.3. The lowest BCUT2D eigenvalue weighted by molar-refractivity contribution is -0.123. The maximum Gasteiger partial charge on any atom is 0.329 e. The van der Waals surface area contributed by atoms with Gasteiger partial charge in [-0.2, -0.15) is 0 Å². The highest BCUT2D eigenvalue weighted by Gasteiger charge is 2.36. The predicted molar refractivity (Wildman–Crippen MR) is 130 cm³/mol. The van der Waals surface area contributed by atoms with E-state index in [1.54, 1.807) is 24.3 Å². The third-order valence-corrected chi connectivity index (χ3v) is 7.41. The van der Waals surface area contributed by atoms with Gasteiger partial charge in [-0.05, 0) is 73.2 Å². The Bertz CT molecular complexity index is 1160. The van der Waals surface area contributed by atoms with Gasteiger partial charge in [0.2, 0.25) is 0 Å². The highest BCUT2D eigenvalue weighted by Crippen LogP contribution is 2.44.